The predicted octanol–water partition coefficient (Wildman–Crippen LogP) is 3.33. The first-order valence-electron chi connectivity index (χ1n) is 7.46. The first-order chi connectivity index (χ1) is 9.66. The van der Waals surface area contributed by atoms with Crippen molar-refractivity contribution < 1.29 is 14.3 Å². The van der Waals surface area contributed by atoms with Crippen LogP contribution in [0.1, 0.15) is 48.9 Å². The lowest BCUT2D eigenvalue weighted by molar-refractivity contribution is 0.0386. The largest absolute Gasteiger partial charge is 0.508 e. The van der Waals surface area contributed by atoms with Crippen LogP contribution < -0.4 is 0 Å². The Morgan fingerprint density at radius 1 is 1.20 bits per heavy atom. The highest BCUT2D eigenvalue weighted by atomic mass is 19.1. The zero-order valence-corrected chi connectivity index (χ0v) is 11.5. The maximum absolute atomic E-state index is 13.9. The lowest BCUT2D eigenvalue weighted by Gasteiger charge is -2.44. The van der Waals surface area contributed by atoms with Gasteiger partial charge in [-0.25, -0.2) is 4.39 Å². The number of halogens is 1. The van der Waals surface area contributed by atoms with Gasteiger partial charge in [0.05, 0.1) is 5.56 Å². The second-order valence-corrected chi connectivity index (χ2v) is 5.92. The quantitative estimate of drug-likeness (QED) is 0.855. The van der Waals surface area contributed by atoms with Crippen LogP contribution in [0.3, 0.4) is 0 Å². The van der Waals surface area contributed by atoms with Crippen molar-refractivity contribution in [1.29, 1.82) is 0 Å². The Bertz CT molecular complexity index is 515. The van der Waals surface area contributed by atoms with E-state index in [0.717, 1.165) is 31.9 Å². The van der Waals surface area contributed by atoms with E-state index in [1.807, 2.05) is 4.90 Å². The molecule has 1 amide bonds. The van der Waals surface area contributed by atoms with Crippen LogP contribution in [0, 0.1) is 11.7 Å². The summed E-state index contributed by atoms with van der Waals surface area (Å²) in [5.74, 6) is -0.415. The fourth-order valence-corrected chi connectivity index (χ4v) is 3.71. The molecule has 1 saturated carbocycles. The minimum absolute atomic E-state index is 0.0778. The van der Waals surface area contributed by atoms with Gasteiger partial charge in [0, 0.05) is 18.7 Å². The number of carbonyl (C=O) groups excluding carboxylic acids is 1. The lowest BCUT2D eigenvalue weighted by atomic mass is 9.78. The third kappa shape index (κ3) is 2.39. The number of likely N-dealkylation sites (tertiary alicyclic amines) is 1. The summed E-state index contributed by atoms with van der Waals surface area (Å²) in [6.07, 6.45) is 6.82. The molecule has 2 atom stereocenters. The number of fused-ring (bicyclic) bond motifs is 1. The summed E-state index contributed by atoms with van der Waals surface area (Å²) in [4.78, 5) is 14.5. The maximum atomic E-state index is 13.9. The van der Waals surface area contributed by atoms with Crippen LogP contribution in [-0.4, -0.2) is 28.5 Å². The molecule has 1 aliphatic heterocycles. The summed E-state index contributed by atoms with van der Waals surface area (Å²) >= 11 is 0. The fourth-order valence-electron chi connectivity index (χ4n) is 3.71. The lowest BCUT2D eigenvalue weighted by Crippen LogP contribution is -2.49. The average Bonchev–Trinajstić information content (AvgIpc) is 2.46. The number of aromatic hydroxyl groups is 1. The molecular formula is C16H20FNO2. The highest BCUT2D eigenvalue weighted by Gasteiger charge is 2.36. The molecule has 0 aromatic heterocycles. The molecule has 1 N–H and O–H groups in total. The van der Waals surface area contributed by atoms with Crippen molar-refractivity contribution in [2.24, 2.45) is 5.92 Å². The van der Waals surface area contributed by atoms with Gasteiger partial charge in [0.25, 0.3) is 5.91 Å². The van der Waals surface area contributed by atoms with E-state index in [2.05, 4.69) is 0 Å². The molecule has 1 aromatic carbocycles. The number of benzene rings is 1. The summed E-state index contributed by atoms with van der Waals surface area (Å²) in [6.45, 7) is 0.723. The number of carbonyl (C=O) groups is 1. The molecule has 1 saturated heterocycles. The molecule has 1 heterocycles. The third-order valence-corrected chi connectivity index (χ3v) is 4.69. The Kier molecular flexibility index (Phi) is 3.64. The van der Waals surface area contributed by atoms with E-state index >= 15 is 0 Å². The number of phenolic OH excluding ortho intramolecular Hbond substituents is 1. The smallest absolute Gasteiger partial charge is 0.257 e. The molecular weight excluding hydrogens is 257 g/mol. The summed E-state index contributed by atoms with van der Waals surface area (Å²) < 4.78 is 13.9. The topological polar surface area (TPSA) is 40.5 Å². The average molecular weight is 277 g/mol. The highest BCUT2D eigenvalue weighted by molar-refractivity contribution is 5.95. The minimum atomic E-state index is -0.632. The zero-order chi connectivity index (χ0) is 14.1. The van der Waals surface area contributed by atoms with Gasteiger partial charge >= 0.3 is 0 Å². The number of hydrogen-bond donors (Lipinski definition) is 1. The Morgan fingerprint density at radius 3 is 2.75 bits per heavy atom. The van der Waals surface area contributed by atoms with Gasteiger partial charge in [0.1, 0.15) is 11.6 Å². The minimum Gasteiger partial charge on any atom is -0.508 e. The molecule has 108 valence electrons. The van der Waals surface area contributed by atoms with Crippen molar-refractivity contribution in [3.8, 4) is 5.75 Å². The normalized spacial score (nSPS) is 26.1. The fraction of sp³-hybridized carbons (Fsp3) is 0.562. The van der Waals surface area contributed by atoms with E-state index in [1.165, 1.54) is 31.4 Å². The Morgan fingerprint density at radius 2 is 1.95 bits per heavy atom. The van der Waals surface area contributed by atoms with Gasteiger partial charge in [0.15, 0.2) is 0 Å². The third-order valence-electron chi connectivity index (χ3n) is 4.69. The summed E-state index contributed by atoms with van der Waals surface area (Å²) in [5.41, 5.74) is 0.0778. The van der Waals surface area contributed by atoms with Gasteiger partial charge in [-0.15, -0.1) is 0 Å². The van der Waals surface area contributed by atoms with Crippen molar-refractivity contribution in [3.63, 3.8) is 0 Å². The van der Waals surface area contributed by atoms with Gasteiger partial charge in [-0.1, -0.05) is 12.8 Å². The standard InChI is InChI=1S/C16H20FNO2/c17-14-10-12(19)7-8-13(14)16(20)18-9-3-5-11-4-1-2-6-15(11)18/h7-8,10-11,15,19H,1-6,9H2/t11-,15-/m1/s1. The van der Waals surface area contributed by atoms with Crippen molar-refractivity contribution >= 4 is 5.91 Å². The molecule has 0 bridgehead atoms. The first kappa shape index (κ1) is 13.4. The zero-order valence-electron chi connectivity index (χ0n) is 11.5. The molecule has 2 aliphatic rings. The van der Waals surface area contributed by atoms with Crippen LogP contribution >= 0.6 is 0 Å². The molecule has 0 radical (unpaired) electrons. The van der Waals surface area contributed by atoms with Gasteiger partial charge in [-0.2, -0.15) is 0 Å². The molecule has 0 spiro atoms. The van der Waals surface area contributed by atoms with Gasteiger partial charge in [-0.05, 0) is 43.7 Å². The molecule has 20 heavy (non-hydrogen) atoms. The van der Waals surface area contributed by atoms with E-state index in [-0.39, 0.29) is 23.3 Å². The Hall–Kier alpha value is -1.58. The number of amides is 1. The number of piperidine rings is 1. The van der Waals surface area contributed by atoms with Crippen molar-refractivity contribution in [1.82, 2.24) is 4.90 Å². The van der Waals surface area contributed by atoms with Crippen molar-refractivity contribution in [3.05, 3.63) is 29.6 Å². The second kappa shape index (κ2) is 5.43. The molecule has 2 fully saturated rings. The number of rotatable bonds is 1. The summed E-state index contributed by atoms with van der Waals surface area (Å²) in [6, 6.07) is 4.05. The van der Waals surface area contributed by atoms with Crippen LogP contribution in [0.4, 0.5) is 4.39 Å². The van der Waals surface area contributed by atoms with Gasteiger partial charge < -0.3 is 10.0 Å². The molecule has 1 aromatic rings. The molecule has 1 aliphatic carbocycles. The van der Waals surface area contributed by atoms with E-state index in [4.69, 9.17) is 0 Å². The Labute approximate surface area is 118 Å². The van der Waals surface area contributed by atoms with Gasteiger partial charge in [0.2, 0.25) is 0 Å². The molecule has 3 nitrogen and oxygen atoms in total. The van der Waals surface area contributed by atoms with E-state index in [1.54, 1.807) is 0 Å². The van der Waals surface area contributed by atoms with E-state index in [0.29, 0.717) is 5.92 Å². The number of phenols is 1. The monoisotopic (exact) mass is 277 g/mol. The van der Waals surface area contributed by atoms with Crippen LogP contribution in [0.15, 0.2) is 18.2 Å². The summed E-state index contributed by atoms with van der Waals surface area (Å²) in [5, 5.41) is 9.25. The van der Waals surface area contributed by atoms with Crippen molar-refractivity contribution in [2.45, 2.75) is 44.6 Å². The second-order valence-electron chi connectivity index (χ2n) is 5.92. The van der Waals surface area contributed by atoms with Crippen LogP contribution in [0.2, 0.25) is 0 Å². The number of nitrogens with zero attached hydrogens (tertiary/aromatic N) is 1. The SMILES string of the molecule is O=C(c1ccc(O)cc1F)N1CCC[C@H]2CCCC[C@H]21. The van der Waals surface area contributed by atoms with E-state index < -0.39 is 5.82 Å². The molecule has 3 rings (SSSR count). The van der Waals surface area contributed by atoms with E-state index in [9.17, 15) is 14.3 Å². The molecule has 4 heteroatoms. The predicted molar refractivity (Wildman–Crippen MR) is 74.1 cm³/mol. The summed E-state index contributed by atoms with van der Waals surface area (Å²) in [7, 11) is 0. The number of hydrogen-bond acceptors (Lipinski definition) is 2. The maximum Gasteiger partial charge on any atom is 0.257 e. The Balaban J connectivity index is 1.85. The van der Waals surface area contributed by atoms with Gasteiger partial charge in [-0.3, -0.25) is 4.79 Å². The first-order valence-corrected chi connectivity index (χ1v) is 7.46. The van der Waals surface area contributed by atoms with Crippen LogP contribution in [0.5, 0.6) is 5.75 Å². The van der Waals surface area contributed by atoms with Crippen LogP contribution in [0.25, 0.3) is 0 Å². The highest BCUT2D eigenvalue weighted by Crippen LogP contribution is 2.36. The van der Waals surface area contributed by atoms with Crippen molar-refractivity contribution in [2.75, 3.05) is 6.54 Å². The van der Waals surface area contributed by atoms with Crippen LogP contribution in [-0.2, 0) is 0 Å². The molecule has 0 unspecified atom stereocenters.